The lowest BCUT2D eigenvalue weighted by atomic mass is 10.0. The maximum atomic E-state index is 12.7. The number of thiol groups is 8. The average Bonchev–Trinajstić information content (AvgIpc) is 0.806. The van der Waals surface area contributed by atoms with E-state index >= 15 is 0 Å². The Labute approximate surface area is 1030 Å². The van der Waals surface area contributed by atoms with E-state index in [0.29, 0.717) is 92.0 Å². The minimum Gasteiger partial charge on any atom is -0.449 e. The number of rotatable bonds is 90. The van der Waals surface area contributed by atoms with Crippen LogP contribution in [0, 0.1) is 0 Å². The molecular formula is C90H162N4O15S31Si8. The fourth-order valence-corrected chi connectivity index (χ4v) is 109. The van der Waals surface area contributed by atoms with Crippen LogP contribution < -0.4 is 21.3 Å². The first-order chi connectivity index (χ1) is 70.6. The molecule has 0 aliphatic rings. The fourth-order valence-electron chi connectivity index (χ4n) is 16.1. The van der Waals surface area contributed by atoms with Crippen molar-refractivity contribution in [2.75, 3.05) is 94.6 Å². The maximum Gasteiger partial charge on any atom is 0.411 e. The molecule has 4 aromatic carbocycles. The second-order valence-corrected chi connectivity index (χ2v) is 108. The largest absolute Gasteiger partial charge is 0.449 e. The molecule has 0 saturated heterocycles. The quantitative estimate of drug-likeness (QED) is 0.00648. The Hall–Kier alpha value is 6.27. The fraction of sp³-hybridized carbons (Fsp3) is 0.689. The van der Waals surface area contributed by atoms with E-state index in [1.165, 1.54) is 123 Å². The van der Waals surface area contributed by atoms with Crippen LogP contribution in [-0.4, -0.2) is 206 Å². The van der Waals surface area contributed by atoms with Crippen molar-refractivity contribution >= 4 is 447 Å². The number of thioether (sulfide) groups is 1. The third-order valence-electron chi connectivity index (χ3n) is 22.6. The van der Waals surface area contributed by atoms with Crippen LogP contribution in [0.5, 0.6) is 0 Å². The number of hydrogen-bond acceptors (Lipinski definition) is 46. The lowest BCUT2D eigenvalue weighted by Crippen LogP contribution is -2.61. The normalized spacial score (nSPS) is 14.0. The van der Waals surface area contributed by atoms with Crippen molar-refractivity contribution in [3.63, 3.8) is 0 Å². The number of aliphatic hydroxyl groups excluding tert-OH is 1. The first-order valence-electron chi connectivity index (χ1n) is 49.6. The van der Waals surface area contributed by atoms with Gasteiger partial charge in [0.05, 0.1) is 26.4 Å². The predicted octanol–water partition coefficient (Wildman–Crippen LogP) is 39.6. The summed E-state index contributed by atoms with van der Waals surface area (Å²) in [6.45, 7) is 37.5. The first kappa shape index (κ1) is 147. The third kappa shape index (κ3) is 70.5. The molecule has 58 heteroatoms. The Morgan fingerprint density at radius 2 is 0.635 bits per heavy atom. The minimum absolute atomic E-state index is 0.158. The highest BCUT2D eigenvalue weighted by Crippen LogP contribution is 2.54. The van der Waals surface area contributed by atoms with Crippen molar-refractivity contribution < 1.29 is 67.9 Å². The van der Waals surface area contributed by atoms with Crippen LogP contribution in [0.2, 0.25) is 105 Å². The number of anilines is 4. The van der Waals surface area contributed by atoms with Gasteiger partial charge in [-0.3, -0.25) is 21.3 Å². The van der Waals surface area contributed by atoms with Gasteiger partial charge in [0.1, 0.15) is 0 Å². The van der Waals surface area contributed by atoms with Crippen LogP contribution in [0.4, 0.5) is 41.9 Å². The van der Waals surface area contributed by atoms with E-state index in [-0.39, 0.29) is 24.7 Å². The Morgan fingerprint density at radius 1 is 0.297 bits per heavy atom. The summed E-state index contributed by atoms with van der Waals surface area (Å²) in [4.78, 5) is 52.1. The molecular weight excluding hydrogens is 2600 g/mol. The summed E-state index contributed by atoms with van der Waals surface area (Å²) in [5.74, 6) is 7.18. The molecule has 0 saturated carbocycles. The van der Waals surface area contributed by atoms with Gasteiger partial charge in [0.25, 0.3) is 0 Å². The standard InChI is InChI=1S/C90H162N4O15S31Si8/c1-141(2,104-145(9,10)108-147(13,14)106-143(5,6)85(129-134-115)71-123-131-112)83(125-111)69-118-80(67-124-137-139-140-138-136-117)39-31-25-19-17-23-29-35-59-100-87(96)91-76-50-42-72(43-51-76)65-74-46-54-78(55-47-74)93-89(98)102-61-37-38-62-103-90(99)94-79-56-48-75(49-57-79)66-73-44-52-77(53-45-73)92-88(97)101-60-36-30-24-18-20-26-32-40-81(126-132-113)68-122-120-63-64-121-127-82(41-33-27-21-22-28-34-58-95)86(130-135-116)144(7,8)107-148(15,16)109-146(11,12)105-142(3,4)84(70-119-110)128-133-114/h42-57,80-86,95,110-117H,17-41,58-71H2,1-16H3,(H,91,96)(H,92,97)(H,93,98)(H,94,99). The van der Waals surface area contributed by atoms with Gasteiger partial charge in [0.15, 0.2) is 33.3 Å². The van der Waals surface area contributed by atoms with Gasteiger partial charge < -0.3 is 48.7 Å². The van der Waals surface area contributed by atoms with Gasteiger partial charge in [-0.1, -0.05) is 357 Å². The molecule has 7 atom stereocenters. The van der Waals surface area contributed by atoms with Crippen LogP contribution >= 0.6 is 333 Å². The molecule has 19 nitrogen and oxygen atoms in total. The second kappa shape index (κ2) is 86.0. The summed E-state index contributed by atoms with van der Waals surface area (Å²) in [6, 6.07) is 30.6. The molecule has 4 rings (SSSR count). The molecule has 4 amide bonds. The Kier molecular flexibility index (Phi) is 85.1. The lowest BCUT2D eigenvalue weighted by molar-refractivity contribution is 0.143. The van der Waals surface area contributed by atoms with Crippen LogP contribution in [0.1, 0.15) is 183 Å². The van der Waals surface area contributed by atoms with E-state index in [4.69, 9.17) is 67.0 Å². The first-order valence-corrected chi connectivity index (χ1v) is 108. The summed E-state index contributed by atoms with van der Waals surface area (Å²) in [5, 5.41) is 22.1. The SMILES string of the molecule is C[Si](C)(O[Si](C)(C)O[Si](C)(C)C(CSSS)SSS)O[Si](C)(C)C(CSC(CCCCCCCCCOC(=O)Nc1ccc(Cc2ccc(NC(=O)OCCCCOC(=O)Nc3ccc(Cc4ccc(NC(=O)OCCCCCCCCCC(CSSCCSSC(CCCCCCCCO)C(SSS)[Si](C)(C)O[Si](C)(C)O[Si](C)(C)O[Si](C)(C)C(CSS)SSS)SSS)cc4)cc3)cc2)cc1)CSSSSSSS)SS. The summed E-state index contributed by atoms with van der Waals surface area (Å²) in [5.41, 5.74) is 6.76. The zero-order chi connectivity index (χ0) is 109. The van der Waals surface area contributed by atoms with Gasteiger partial charge in [-0.25, -0.2) is 19.2 Å². The summed E-state index contributed by atoms with van der Waals surface area (Å²) >= 11 is 38.3. The van der Waals surface area contributed by atoms with E-state index in [9.17, 15) is 24.3 Å². The molecule has 0 aromatic heterocycles. The average molecular weight is 2760 g/mol. The number of amides is 4. The van der Waals surface area contributed by atoms with Gasteiger partial charge in [-0.2, -0.15) is 11.8 Å². The van der Waals surface area contributed by atoms with E-state index in [1.54, 1.807) is 103 Å². The number of nitrogens with one attached hydrogen (secondary N) is 4. The van der Waals surface area contributed by atoms with Crippen LogP contribution in [0.25, 0.3) is 0 Å². The zero-order valence-corrected chi connectivity index (χ0v) is 122. The number of ether oxygens (including phenoxy) is 4. The van der Waals surface area contributed by atoms with Crippen LogP contribution in [0.3, 0.4) is 0 Å². The molecule has 0 bridgehead atoms. The third-order valence-corrected chi connectivity index (χ3v) is 98.6. The number of unbranched alkanes of at least 4 members (excludes halogenated alkanes) is 18. The summed E-state index contributed by atoms with van der Waals surface area (Å²) in [6.07, 6.45) is 26.0. The van der Waals surface area contributed by atoms with Crippen molar-refractivity contribution in [1.29, 1.82) is 0 Å². The number of hydrogen-bond donors (Lipinski definition) is 13. The van der Waals surface area contributed by atoms with E-state index < -0.39 is 91.9 Å². The van der Waals surface area contributed by atoms with Gasteiger partial charge in [0, 0.05) is 105 Å². The number of benzene rings is 4. The maximum absolute atomic E-state index is 12.7. The van der Waals surface area contributed by atoms with Crippen molar-refractivity contribution in [3.8, 4) is 0 Å². The van der Waals surface area contributed by atoms with Crippen molar-refractivity contribution in [2.45, 2.75) is 313 Å². The molecule has 148 heavy (non-hydrogen) atoms. The van der Waals surface area contributed by atoms with Gasteiger partial charge in [-0.15, -0.1) is 23.3 Å². The highest BCUT2D eigenvalue weighted by molar-refractivity contribution is 9.45. The molecule has 4 aromatic rings. The monoisotopic (exact) mass is 2750 g/mol. The Balaban J connectivity index is 1.02. The topological polar surface area (TPSA) is 229 Å². The number of carbonyl (C=O) groups is 4. The Bertz CT molecular complexity index is 4150. The lowest BCUT2D eigenvalue weighted by Gasteiger charge is -2.44. The van der Waals surface area contributed by atoms with E-state index in [0.717, 1.165) is 127 Å². The van der Waals surface area contributed by atoms with Crippen LogP contribution in [0.15, 0.2) is 97.1 Å². The minimum atomic E-state index is -2.63. The molecule has 7 unspecified atom stereocenters. The number of aliphatic hydroxyl groups is 1. The van der Waals surface area contributed by atoms with Crippen molar-refractivity contribution in [2.24, 2.45) is 0 Å². The highest BCUT2D eigenvalue weighted by Gasteiger charge is 2.51. The number of carbonyl (C=O) groups excluding carboxylic acids is 4. The molecule has 0 aliphatic heterocycles. The molecule has 850 valence electrons. The predicted molar refractivity (Wildman–Crippen MR) is 747 cm³/mol. The Morgan fingerprint density at radius 3 is 1.01 bits per heavy atom. The highest BCUT2D eigenvalue weighted by atomic mass is 33.9. The van der Waals surface area contributed by atoms with Gasteiger partial charge >= 0.3 is 58.6 Å². The molecule has 0 radical (unpaired) electrons. The smallest absolute Gasteiger partial charge is 0.411 e. The van der Waals surface area contributed by atoms with Crippen LogP contribution in [-0.2, 0) is 56.5 Å². The molecule has 0 heterocycles. The van der Waals surface area contributed by atoms with Gasteiger partial charge in [0.2, 0.25) is 0 Å². The second-order valence-electron chi connectivity index (χ2n) is 38.8. The molecule has 5 N–H and O–H groups in total. The summed E-state index contributed by atoms with van der Waals surface area (Å²) < 4.78 is 64.6. The van der Waals surface area contributed by atoms with Gasteiger partial charge in [-0.05, 0) is 338 Å². The zero-order valence-electron chi connectivity index (χ0n) is 88.0. The molecule has 0 aliphatic carbocycles. The molecule has 0 spiro atoms. The van der Waals surface area contributed by atoms with Crippen molar-refractivity contribution in [1.82, 2.24) is 0 Å². The van der Waals surface area contributed by atoms with E-state index in [1.807, 2.05) is 172 Å². The van der Waals surface area contributed by atoms with Crippen molar-refractivity contribution in [3.05, 3.63) is 119 Å². The molecule has 0 fully saturated rings. The van der Waals surface area contributed by atoms with E-state index in [2.05, 4.69) is 219 Å². The summed E-state index contributed by atoms with van der Waals surface area (Å²) in [7, 11) is 19.2.